The Morgan fingerprint density at radius 3 is 2.40 bits per heavy atom. The second-order valence-corrected chi connectivity index (χ2v) is 7.62. The number of nitrogens with zero attached hydrogens (tertiary/aromatic N) is 2. The van der Waals surface area contributed by atoms with Crippen LogP contribution in [-0.2, 0) is 14.9 Å². The molecular weight excluding hydrogens is 278 g/mol. The first kappa shape index (κ1) is 16.2. The smallest absolute Gasteiger partial charge is 0.282 e. The third-order valence-electron chi connectivity index (χ3n) is 4.16. The average molecular weight is 305 g/mol. The summed E-state index contributed by atoms with van der Waals surface area (Å²) in [6.45, 7) is 3.20. The van der Waals surface area contributed by atoms with E-state index in [1.807, 2.05) is 7.05 Å². The third kappa shape index (κ3) is 3.92. The number of methoxy groups -OCH3 is 1. The highest BCUT2D eigenvalue weighted by molar-refractivity contribution is 7.86. The Balaban J connectivity index is 1.95. The SMILES string of the molecule is CNCC1CCN(S(=O)(=O)N(CCOC)C2CC2)CC1. The van der Waals surface area contributed by atoms with Crippen molar-refractivity contribution in [3.8, 4) is 0 Å². The second-order valence-electron chi connectivity index (χ2n) is 5.74. The van der Waals surface area contributed by atoms with Crippen LogP contribution in [0.15, 0.2) is 0 Å². The topological polar surface area (TPSA) is 61.9 Å². The zero-order valence-electron chi connectivity index (χ0n) is 12.5. The van der Waals surface area contributed by atoms with E-state index in [-0.39, 0.29) is 6.04 Å². The Morgan fingerprint density at radius 2 is 1.90 bits per heavy atom. The minimum atomic E-state index is -3.31. The van der Waals surface area contributed by atoms with Crippen LogP contribution in [0.2, 0.25) is 0 Å². The van der Waals surface area contributed by atoms with Crippen molar-refractivity contribution in [3.63, 3.8) is 0 Å². The lowest BCUT2D eigenvalue weighted by Crippen LogP contribution is -2.49. The van der Waals surface area contributed by atoms with Crippen LogP contribution in [0, 0.1) is 5.92 Å². The van der Waals surface area contributed by atoms with Gasteiger partial charge in [-0.15, -0.1) is 0 Å². The van der Waals surface area contributed by atoms with Crippen LogP contribution in [0.3, 0.4) is 0 Å². The van der Waals surface area contributed by atoms with Crippen molar-refractivity contribution in [1.29, 1.82) is 0 Å². The van der Waals surface area contributed by atoms with Crippen LogP contribution >= 0.6 is 0 Å². The number of piperidine rings is 1. The van der Waals surface area contributed by atoms with Gasteiger partial charge in [-0.2, -0.15) is 17.0 Å². The maximum atomic E-state index is 12.7. The van der Waals surface area contributed by atoms with Crippen LogP contribution in [0.5, 0.6) is 0 Å². The average Bonchev–Trinajstić information content (AvgIpc) is 3.24. The fraction of sp³-hybridized carbons (Fsp3) is 1.00. The number of hydrogen-bond acceptors (Lipinski definition) is 4. The van der Waals surface area contributed by atoms with E-state index in [2.05, 4.69) is 5.32 Å². The zero-order valence-corrected chi connectivity index (χ0v) is 13.4. The van der Waals surface area contributed by atoms with E-state index in [1.54, 1.807) is 15.7 Å². The molecule has 0 aromatic carbocycles. The van der Waals surface area contributed by atoms with Crippen LogP contribution in [0.25, 0.3) is 0 Å². The minimum absolute atomic E-state index is 0.199. The summed E-state index contributed by atoms with van der Waals surface area (Å²) in [5, 5.41) is 3.17. The molecule has 2 aliphatic rings. The first-order chi connectivity index (χ1) is 9.59. The monoisotopic (exact) mass is 305 g/mol. The van der Waals surface area contributed by atoms with Crippen molar-refractivity contribution in [3.05, 3.63) is 0 Å². The van der Waals surface area contributed by atoms with E-state index in [4.69, 9.17) is 4.74 Å². The number of rotatable bonds is 8. The Kier molecular flexibility index (Phi) is 5.80. The molecule has 1 saturated carbocycles. The molecule has 6 nitrogen and oxygen atoms in total. The summed E-state index contributed by atoms with van der Waals surface area (Å²) in [7, 11) is 0.254. The highest BCUT2D eigenvalue weighted by atomic mass is 32.2. The molecule has 118 valence electrons. The quantitative estimate of drug-likeness (QED) is 0.699. The fourth-order valence-corrected chi connectivity index (χ4v) is 4.67. The molecule has 0 unspecified atom stereocenters. The van der Waals surface area contributed by atoms with E-state index in [0.717, 1.165) is 32.2 Å². The lowest BCUT2D eigenvalue weighted by molar-refractivity contribution is 0.171. The van der Waals surface area contributed by atoms with Crippen LogP contribution in [-0.4, -0.2) is 70.0 Å². The van der Waals surface area contributed by atoms with E-state index < -0.39 is 10.2 Å². The molecule has 2 fully saturated rings. The van der Waals surface area contributed by atoms with E-state index in [9.17, 15) is 8.42 Å². The lowest BCUT2D eigenvalue weighted by Gasteiger charge is -2.35. The van der Waals surface area contributed by atoms with Crippen LogP contribution in [0.4, 0.5) is 0 Å². The van der Waals surface area contributed by atoms with Crippen molar-refractivity contribution in [2.75, 3.05) is 46.9 Å². The van der Waals surface area contributed by atoms with Crippen molar-refractivity contribution in [2.24, 2.45) is 5.92 Å². The zero-order chi connectivity index (χ0) is 14.6. The molecule has 2 rings (SSSR count). The summed E-state index contributed by atoms with van der Waals surface area (Å²) in [6, 6.07) is 0.199. The van der Waals surface area contributed by atoms with Gasteiger partial charge in [-0.05, 0) is 45.2 Å². The van der Waals surface area contributed by atoms with Gasteiger partial charge < -0.3 is 10.1 Å². The van der Waals surface area contributed by atoms with E-state index in [0.29, 0.717) is 32.2 Å². The lowest BCUT2D eigenvalue weighted by atomic mass is 9.98. The predicted octanol–water partition coefficient (Wildman–Crippen LogP) is 0.273. The largest absolute Gasteiger partial charge is 0.383 e. The summed E-state index contributed by atoms with van der Waals surface area (Å²) in [4.78, 5) is 0. The van der Waals surface area contributed by atoms with Gasteiger partial charge in [-0.1, -0.05) is 0 Å². The molecule has 20 heavy (non-hydrogen) atoms. The molecule has 0 bridgehead atoms. The summed E-state index contributed by atoms with van der Waals surface area (Å²) >= 11 is 0. The summed E-state index contributed by atoms with van der Waals surface area (Å²) in [6.07, 6.45) is 3.87. The summed E-state index contributed by atoms with van der Waals surface area (Å²) in [5.41, 5.74) is 0. The number of hydrogen-bond donors (Lipinski definition) is 1. The van der Waals surface area contributed by atoms with Crippen molar-refractivity contribution < 1.29 is 13.2 Å². The normalized spacial score (nSPS) is 22.6. The standard InChI is InChI=1S/C13H27N3O3S/c1-14-11-12-5-7-15(8-6-12)20(17,18)16(9-10-19-2)13-3-4-13/h12-14H,3-11H2,1-2H3. The maximum absolute atomic E-state index is 12.7. The van der Waals surface area contributed by atoms with Gasteiger partial charge in [-0.3, -0.25) is 0 Å². The molecule has 0 radical (unpaired) electrons. The van der Waals surface area contributed by atoms with Gasteiger partial charge in [0.15, 0.2) is 0 Å². The molecule has 0 spiro atoms. The molecule has 0 atom stereocenters. The van der Waals surface area contributed by atoms with Crippen LogP contribution < -0.4 is 5.32 Å². The van der Waals surface area contributed by atoms with Crippen molar-refractivity contribution in [1.82, 2.24) is 13.9 Å². The van der Waals surface area contributed by atoms with Gasteiger partial charge in [0, 0.05) is 32.8 Å². The summed E-state index contributed by atoms with van der Waals surface area (Å²) < 4.78 is 33.8. The van der Waals surface area contributed by atoms with Crippen LogP contribution in [0.1, 0.15) is 25.7 Å². The second kappa shape index (κ2) is 7.17. The molecule has 1 aliphatic carbocycles. The highest BCUT2D eigenvalue weighted by Gasteiger charge is 2.40. The number of nitrogens with one attached hydrogen (secondary N) is 1. The third-order valence-corrected chi connectivity index (χ3v) is 6.25. The fourth-order valence-electron chi connectivity index (χ4n) is 2.81. The first-order valence-electron chi connectivity index (χ1n) is 7.50. The molecule has 1 heterocycles. The summed E-state index contributed by atoms with van der Waals surface area (Å²) in [5.74, 6) is 0.597. The molecule has 0 aromatic heterocycles. The highest BCUT2D eigenvalue weighted by Crippen LogP contribution is 2.31. The minimum Gasteiger partial charge on any atom is -0.383 e. The van der Waals surface area contributed by atoms with Crippen molar-refractivity contribution in [2.45, 2.75) is 31.7 Å². The molecule has 0 amide bonds. The number of ether oxygens (including phenoxy) is 1. The molecule has 1 aliphatic heterocycles. The van der Waals surface area contributed by atoms with Gasteiger partial charge in [-0.25, -0.2) is 0 Å². The molecule has 0 aromatic rings. The maximum Gasteiger partial charge on any atom is 0.282 e. The molecule has 1 saturated heterocycles. The molecule has 7 heteroatoms. The first-order valence-corrected chi connectivity index (χ1v) is 8.89. The van der Waals surface area contributed by atoms with E-state index in [1.165, 1.54) is 0 Å². The van der Waals surface area contributed by atoms with E-state index >= 15 is 0 Å². The molecule has 1 N–H and O–H groups in total. The Hall–Kier alpha value is -0.210. The Labute approximate surface area is 122 Å². The Bertz CT molecular complexity index is 390. The predicted molar refractivity (Wildman–Crippen MR) is 78.7 cm³/mol. The Morgan fingerprint density at radius 1 is 1.25 bits per heavy atom. The van der Waals surface area contributed by atoms with Gasteiger partial charge in [0.25, 0.3) is 10.2 Å². The van der Waals surface area contributed by atoms with Crippen molar-refractivity contribution >= 4 is 10.2 Å². The molecular formula is C13H27N3O3S. The van der Waals surface area contributed by atoms with Gasteiger partial charge in [0.05, 0.1) is 6.61 Å². The van der Waals surface area contributed by atoms with Gasteiger partial charge in [0.1, 0.15) is 0 Å². The van der Waals surface area contributed by atoms with Gasteiger partial charge >= 0.3 is 0 Å². The van der Waals surface area contributed by atoms with Gasteiger partial charge in [0.2, 0.25) is 0 Å².